The highest BCUT2D eigenvalue weighted by Crippen LogP contribution is 2.44. The molecule has 2 N–H and O–H groups in total. The van der Waals surface area contributed by atoms with Crippen LogP contribution in [-0.2, 0) is 4.74 Å². The van der Waals surface area contributed by atoms with Crippen molar-refractivity contribution in [3.63, 3.8) is 0 Å². The summed E-state index contributed by atoms with van der Waals surface area (Å²) in [7, 11) is 0. The molecule has 1 saturated carbocycles. The highest BCUT2D eigenvalue weighted by atomic mass is 19.1. The van der Waals surface area contributed by atoms with Gasteiger partial charge in [-0.1, -0.05) is 13.8 Å². The minimum Gasteiger partial charge on any atom is -0.378 e. The van der Waals surface area contributed by atoms with Crippen LogP contribution < -0.4 is 10.6 Å². The Morgan fingerprint density at radius 1 is 1.45 bits per heavy atom. The molecule has 0 spiro atoms. The molecule has 6 heteroatoms. The summed E-state index contributed by atoms with van der Waals surface area (Å²) in [5, 5.41) is 6.16. The zero-order valence-electron chi connectivity index (χ0n) is 12.5. The number of halogens is 1. The molecule has 0 aromatic carbocycles. The number of nitrogens with zero attached hydrogens (tertiary/aromatic N) is 2. The van der Waals surface area contributed by atoms with E-state index in [-0.39, 0.29) is 23.4 Å². The summed E-state index contributed by atoms with van der Waals surface area (Å²) in [4.78, 5) is 8.07. The average molecular weight is 282 g/mol. The standard InChI is InChI=1S/C14H23FN4O/c1-5-16-13-17-8-9(15)12(19-13)18-10-7-11(20-6-2)14(10,3)4/h8,10-11H,5-7H2,1-4H3,(H2,16,17,18,19). The first-order chi connectivity index (χ1) is 9.48. The molecule has 1 fully saturated rings. The summed E-state index contributed by atoms with van der Waals surface area (Å²) in [5.74, 6) is 0.265. The largest absolute Gasteiger partial charge is 0.378 e. The molecule has 0 radical (unpaired) electrons. The summed E-state index contributed by atoms with van der Waals surface area (Å²) in [5.41, 5.74) is -0.0360. The Kier molecular flexibility index (Phi) is 4.42. The number of rotatable bonds is 6. The van der Waals surface area contributed by atoms with Crippen LogP contribution in [-0.4, -0.2) is 35.3 Å². The molecule has 1 aromatic rings. The Balaban J connectivity index is 2.06. The van der Waals surface area contributed by atoms with E-state index in [1.54, 1.807) is 0 Å². The molecule has 1 aliphatic rings. The third-order valence-corrected chi connectivity index (χ3v) is 3.94. The Labute approximate surface area is 119 Å². The second-order valence-electron chi connectivity index (χ2n) is 5.62. The molecule has 0 amide bonds. The summed E-state index contributed by atoms with van der Waals surface area (Å²) in [6.45, 7) is 9.59. The molecular weight excluding hydrogens is 259 g/mol. The van der Waals surface area contributed by atoms with Gasteiger partial charge in [0.05, 0.1) is 12.3 Å². The highest BCUT2D eigenvalue weighted by Gasteiger charge is 2.49. The van der Waals surface area contributed by atoms with Crippen molar-refractivity contribution < 1.29 is 9.13 Å². The summed E-state index contributed by atoms with van der Waals surface area (Å²) >= 11 is 0. The minimum atomic E-state index is -0.428. The fraction of sp³-hybridized carbons (Fsp3) is 0.714. The van der Waals surface area contributed by atoms with E-state index in [0.29, 0.717) is 19.1 Å². The Bertz CT molecular complexity index is 466. The molecule has 5 nitrogen and oxygen atoms in total. The van der Waals surface area contributed by atoms with Crippen LogP contribution in [0.5, 0.6) is 0 Å². The first kappa shape index (κ1) is 15.0. The summed E-state index contributed by atoms with van der Waals surface area (Å²) in [6, 6.07) is 0.151. The van der Waals surface area contributed by atoms with Crippen LogP contribution in [0.1, 0.15) is 34.1 Å². The molecule has 0 saturated heterocycles. The van der Waals surface area contributed by atoms with Gasteiger partial charge < -0.3 is 15.4 Å². The summed E-state index contributed by atoms with van der Waals surface area (Å²) < 4.78 is 19.5. The SMILES string of the molecule is CCNc1ncc(F)c(NC2CC(OCC)C2(C)C)n1. The molecule has 20 heavy (non-hydrogen) atoms. The van der Waals surface area contributed by atoms with Crippen molar-refractivity contribution in [3.8, 4) is 0 Å². The second-order valence-corrected chi connectivity index (χ2v) is 5.62. The molecule has 2 unspecified atom stereocenters. The van der Waals surface area contributed by atoms with Crippen molar-refractivity contribution in [3.05, 3.63) is 12.0 Å². The number of anilines is 2. The van der Waals surface area contributed by atoms with E-state index in [0.717, 1.165) is 6.42 Å². The van der Waals surface area contributed by atoms with Crippen molar-refractivity contribution in [1.29, 1.82) is 0 Å². The molecule has 2 atom stereocenters. The quantitative estimate of drug-likeness (QED) is 0.840. The van der Waals surface area contributed by atoms with Crippen molar-refractivity contribution in [2.45, 2.75) is 46.3 Å². The number of aromatic nitrogens is 2. The van der Waals surface area contributed by atoms with Crippen LogP contribution in [0.25, 0.3) is 0 Å². The van der Waals surface area contributed by atoms with E-state index in [1.165, 1.54) is 6.20 Å². The fourth-order valence-electron chi connectivity index (χ4n) is 2.49. The van der Waals surface area contributed by atoms with Crippen LogP contribution in [0, 0.1) is 11.2 Å². The molecule has 1 aromatic heterocycles. The molecule has 0 bridgehead atoms. The molecule has 1 heterocycles. The van der Waals surface area contributed by atoms with E-state index < -0.39 is 5.82 Å². The maximum atomic E-state index is 13.8. The van der Waals surface area contributed by atoms with Crippen LogP contribution in [0.3, 0.4) is 0 Å². The number of hydrogen-bond acceptors (Lipinski definition) is 5. The number of ether oxygens (including phenoxy) is 1. The Hall–Kier alpha value is -1.43. The van der Waals surface area contributed by atoms with Crippen molar-refractivity contribution >= 4 is 11.8 Å². The van der Waals surface area contributed by atoms with Gasteiger partial charge in [0.15, 0.2) is 11.6 Å². The van der Waals surface area contributed by atoms with Gasteiger partial charge in [0.25, 0.3) is 0 Å². The predicted molar refractivity (Wildman–Crippen MR) is 77.4 cm³/mol. The zero-order valence-corrected chi connectivity index (χ0v) is 12.5. The van der Waals surface area contributed by atoms with Crippen LogP contribution in [0.2, 0.25) is 0 Å². The molecule has 1 aliphatic carbocycles. The maximum Gasteiger partial charge on any atom is 0.224 e. The third-order valence-electron chi connectivity index (χ3n) is 3.94. The normalized spacial score (nSPS) is 24.1. The average Bonchev–Trinajstić information content (AvgIpc) is 2.41. The van der Waals surface area contributed by atoms with Crippen LogP contribution in [0.15, 0.2) is 6.20 Å². The van der Waals surface area contributed by atoms with E-state index in [9.17, 15) is 4.39 Å². The van der Waals surface area contributed by atoms with Gasteiger partial charge in [0.2, 0.25) is 5.95 Å². The first-order valence-electron chi connectivity index (χ1n) is 7.13. The topological polar surface area (TPSA) is 59.1 Å². The monoisotopic (exact) mass is 282 g/mol. The Morgan fingerprint density at radius 3 is 2.80 bits per heavy atom. The highest BCUT2D eigenvalue weighted by molar-refractivity contribution is 5.43. The van der Waals surface area contributed by atoms with Gasteiger partial charge >= 0.3 is 0 Å². The van der Waals surface area contributed by atoms with Crippen molar-refractivity contribution in [2.75, 3.05) is 23.8 Å². The smallest absolute Gasteiger partial charge is 0.224 e. The van der Waals surface area contributed by atoms with Crippen molar-refractivity contribution in [1.82, 2.24) is 9.97 Å². The molecule has 2 rings (SSSR count). The lowest BCUT2D eigenvalue weighted by molar-refractivity contribution is -0.0977. The lowest BCUT2D eigenvalue weighted by Gasteiger charge is -2.51. The fourth-order valence-corrected chi connectivity index (χ4v) is 2.49. The maximum absolute atomic E-state index is 13.8. The van der Waals surface area contributed by atoms with Crippen LogP contribution >= 0.6 is 0 Å². The van der Waals surface area contributed by atoms with Gasteiger partial charge in [-0.15, -0.1) is 0 Å². The van der Waals surface area contributed by atoms with Gasteiger partial charge in [-0.3, -0.25) is 0 Å². The molecule has 112 valence electrons. The third kappa shape index (κ3) is 2.85. The van der Waals surface area contributed by atoms with Gasteiger partial charge in [-0.2, -0.15) is 4.98 Å². The van der Waals surface area contributed by atoms with E-state index >= 15 is 0 Å². The molecular formula is C14H23FN4O. The van der Waals surface area contributed by atoms with E-state index in [4.69, 9.17) is 4.74 Å². The lowest BCUT2D eigenvalue weighted by atomic mass is 9.64. The van der Waals surface area contributed by atoms with Gasteiger partial charge in [-0.25, -0.2) is 9.37 Å². The van der Waals surface area contributed by atoms with Crippen LogP contribution in [0.4, 0.5) is 16.2 Å². The molecule has 0 aliphatic heterocycles. The second kappa shape index (κ2) is 5.91. The minimum absolute atomic E-state index is 0.0360. The van der Waals surface area contributed by atoms with E-state index in [1.807, 2.05) is 13.8 Å². The van der Waals surface area contributed by atoms with E-state index in [2.05, 4.69) is 34.4 Å². The number of hydrogen-bond donors (Lipinski definition) is 2. The van der Waals surface area contributed by atoms with Gasteiger partial charge in [0.1, 0.15) is 0 Å². The Morgan fingerprint density at radius 2 is 2.20 bits per heavy atom. The zero-order chi connectivity index (χ0) is 14.8. The first-order valence-corrected chi connectivity index (χ1v) is 7.13. The van der Waals surface area contributed by atoms with Gasteiger partial charge in [0, 0.05) is 24.6 Å². The predicted octanol–water partition coefficient (Wildman–Crippen LogP) is 2.66. The van der Waals surface area contributed by atoms with Gasteiger partial charge in [-0.05, 0) is 20.3 Å². The number of nitrogens with one attached hydrogen (secondary N) is 2. The lowest BCUT2D eigenvalue weighted by Crippen LogP contribution is -2.58. The van der Waals surface area contributed by atoms with Crippen molar-refractivity contribution in [2.24, 2.45) is 5.41 Å². The summed E-state index contributed by atoms with van der Waals surface area (Å²) in [6.07, 6.45) is 2.27.